The van der Waals surface area contributed by atoms with Crippen LogP contribution in [-0.4, -0.2) is 26.5 Å². The van der Waals surface area contributed by atoms with E-state index in [4.69, 9.17) is 5.73 Å². The van der Waals surface area contributed by atoms with Crippen LogP contribution >= 0.6 is 0 Å². The third kappa shape index (κ3) is 3.44. The summed E-state index contributed by atoms with van der Waals surface area (Å²) in [6.45, 7) is 3.66. The first-order valence-corrected chi connectivity index (χ1v) is 8.41. The lowest BCUT2D eigenvalue weighted by molar-refractivity contribution is 0.125. The van der Waals surface area contributed by atoms with Crippen molar-refractivity contribution < 1.29 is 8.42 Å². The van der Waals surface area contributed by atoms with Crippen molar-refractivity contribution in [2.45, 2.75) is 64.1 Å². The molecule has 0 aromatic carbocycles. The summed E-state index contributed by atoms with van der Waals surface area (Å²) in [4.78, 5) is 0. The van der Waals surface area contributed by atoms with E-state index in [0.717, 1.165) is 25.7 Å². The Morgan fingerprint density at radius 3 is 2.22 bits per heavy atom. The topological polar surface area (TPSA) is 84.2 Å². The Morgan fingerprint density at radius 2 is 1.72 bits per heavy atom. The minimum Gasteiger partial charge on any atom is -0.328 e. The minimum absolute atomic E-state index is 0.0758. The van der Waals surface area contributed by atoms with E-state index in [9.17, 15) is 8.42 Å². The van der Waals surface area contributed by atoms with E-state index in [-0.39, 0.29) is 18.1 Å². The van der Waals surface area contributed by atoms with Crippen LogP contribution in [0.5, 0.6) is 0 Å². The van der Waals surface area contributed by atoms with Crippen LogP contribution in [0.25, 0.3) is 0 Å². The highest BCUT2D eigenvalue weighted by Gasteiger charge is 2.40. The second-order valence-electron chi connectivity index (χ2n) is 6.10. The van der Waals surface area contributed by atoms with Gasteiger partial charge >= 0.3 is 0 Å². The molecule has 4 N–H and O–H groups in total. The van der Waals surface area contributed by atoms with Crippen LogP contribution in [0, 0.1) is 11.8 Å². The molecule has 106 valence electrons. The molecule has 0 amide bonds. The van der Waals surface area contributed by atoms with E-state index in [2.05, 4.69) is 9.44 Å². The molecule has 2 atom stereocenters. The summed E-state index contributed by atoms with van der Waals surface area (Å²) in [5.74, 6) is 0.826. The van der Waals surface area contributed by atoms with Crippen molar-refractivity contribution in [1.29, 1.82) is 0 Å². The van der Waals surface area contributed by atoms with Gasteiger partial charge in [-0.05, 0) is 51.4 Å². The molecule has 2 aliphatic rings. The maximum Gasteiger partial charge on any atom is 0.277 e. The molecular formula is C12H25N3O2S. The van der Waals surface area contributed by atoms with E-state index in [1.807, 2.05) is 13.8 Å². The molecule has 0 heterocycles. The van der Waals surface area contributed by atoms with Gasteiger partial charge in [0.15, 0.2) is 0 Å². The molecule has 2 saturated carbocycles. The van der Waals surface area contributed by atoms with E-state index in [0.29, 0.717) is 11.8 Å². The summed E-state index contributed by atoms with van der Waals surface area (Å²) >= 11 is 0. The number of nitrogens with two attached hydrogens (primary N) is 1. The van der Waals surface area contributed by atoms with E-state index in [1.165, 1.54) is 6.42 Å². The third-order valence-electron chi connectivity index (χ3n) is 4.06. The van der Waals surface area contributed by atoms with Gasteiger partial charge in [0.25, 0.3) is 10.2 Å². The molecule has 0 radical (unpaired) electrons. The average Bonchev–Trinajstić information content (AvgIpc) is 2.16. The van der Waals surface area contributed by atoms with Gasteiger partial charge in [-0.15, -0.1) is 0 Å². The molecule has 2 fully saturated rings. The third-order valence-corrected chi connectivity index (χ3v) is 5.42. The number of nitrogens with one attached hydrogen (secondary N) is 2. The predicted octanol–water partition coefficient (Wildman–Crippen LogP) is 0.725. The first-order chi connectivity index (χ1) is 8.37. The highest BCUT2D eigenvalue weighted by molar-refractivity contribution is 7.87. The Labute approximate surface area is 110 Å². The number of hydrogen-bond acceptors (Lipinski definition) is 3. The predicted molar refractivity (Wildman–Crippen MR) is 72.2 cm³/mol. The van der Waals surface area contributed by atoms with Gasteiger partial charge in [-0.25, -0.2) is 0 Å². The second-order valence-corrected chi connectivity index (χ2v) is 7.58. The van der Waals surface area contributed by atoms with Crippen LogP contribution in [-0.2, 0) is 10.2 Å². The van der Waals surface area contributed by atoms with Gasteiger partial charge in [-0.1, -0.05) is 6.42 Å². The summed E-state index contributed by atoms with van der Waals surface area (Å²) in [5, 5.41) is 0. The smallest absolute Gasteiger partial charge is 0.277 e. The molecule has 0 aliphatic heterocycles. The van der Waals surface area contributed by atoms with E-state index < -0.39 is 10.2 Å². The lowest BCUT2D eigenvalue weighted by Crippen LogP contribution is -2.56. The minimum atomic E-state index is -3.38. The molecule has 2 bridgehead atoms. The molecular weight excluding hydrogens is 250 g/mol. The first-order valence-electron chi connectivity index (χ1n) is 6.92. The highest BCUT2D eigenvalue weighted by Crippen LogP contribution is 2.39. The molecule has 0 saturated heterocycles. The zero-order valence-electron chi connectivity index (χ0n) is 11.2. The van der Waals surface area contributed by atoms with Crippen LogP contribution in [0.15, 0.2) is 0 Å². The van der Waals surface area contributed by atoms with Crippen molar-refractivity contribution >= 4 is 10.2 Å². The maximum absolute atomic E-state index is 12.0. The van der Waals surface area contributed by atoms with Gasteiger partial charge in [0, 0.05) is 18.1 Å². The Hall–Kier alpha value is -0.170. The zero-order valence-corrected chi connectivity index (χ0v) is 12.0. The largest absolute Gasteiger partial charge is 0.328 e. The number of rotatable bonds is 4. The van der Waals surface area contributed by atoms with Crippen LogP contribution in [0.4, 0.5) is 0 Å². The highest BCUT2D eigenvalue weighted by atomic mass is 32.2. The van der Waals surface area contributed by atoms with Gasteiger partial charge in [-0.2, -0.15) is 17.9 Å². The molecule has 18 heavy (non-hydrogen) atoms. The summed E-state index contributed by atoms with van der Waals surface area (Å²) in [6, 6.07) is 0.252. The molecule has 2 unspecified atom stereocenters. The summed E-state index contributed by atoms with van der Waals surface area (Å²) in [5.41, 5.74) is 6.04. The lowest BCUT2D eigenvalue weighted by Gasteiger charge is -2.45. The van der Waals surface area contributed by atoms with E-state index >= 15 is 0 Å². The van der Waals surface area contributed by atoms with Crippen molar-refractivity contribution in [1.82, 2.24) is 9.44 Å². The fourth-order valence-electron chi connectivity index (χ4n) is 3.51. The second kappa shape index (κ2) is 5.45. The first kappa shape index (κ1) is 14.2. The molecule has 5 nitrogen and oxygen atoms in total. The Balaban J connectivity index is 2.04. The quantitative estimate of drug-likeness (QED) is 0.707. The van der Waals surface area contributed by atoms with Gasteiger partial charge in [-0.3, -0.25) is 0 Å². The fourth-order valence-corrected chi connectivity index (χ4v) is 4.94. The Morgan fingerprint density at radius 1 is 1.17 bits per heavy atom. The van der Waals surface area contributed by atoms with Crippen molar-refractivity contribution in [3.8, 4) is 0 Å². The van der Waals surface area contributed by atoms with Gasteiger partial charge in [0.2, 0.25) is 0 Å². The summed E-state index contributed by atoms with van der Waals surface area (Å²) in [6.07, 6.45) is 5.30. The van der Waals surface area contributed by atoms with Crippen molar-refractivity contribution in [2.24, 2.45) is 17.6 Å². The van der Waals surface area contributed by atoms with Crippen molar-refractivity contribution in [2.75, 3.05) is 0 Å². The van der Waals surface area contributed by atoms with Crippen LogP contribution in [0.3, 0.4) is 0 Å². The number of fused-ring (bicyclic) bond motifs is 2. The standard InChI is InChI=1S/C12H25N3O2S/c1-8(2)14-18(16,17)15-12-9-4-3-5-10(12)7-11(13)6-9/h8-12,14-15H,3-7,13H2,1-2H3. The molecule has 6 heteroatoms. The van der Waals surface area contributed by atoms with Gasteiger partial charge < -0.3 is 5.73 Å². The van der Waals surface area contributed by atoms with Crippen LogP contribution in [0.2, 0.25) is 0 Å². The zero-order chi connectivity index (χ0) is 13.3. The van der Waals surface area contributed by atoms with E-state index in [1.54, 1.807) is 0 Å². The SMILES string of the molecule is CC(C)NS(=O)(=O)NC1C2CCCC1CC(N)C2. The van der Waals surface area contributed by atoms with Crippen molar-refractivity contribution in [3.05, 3.63) is 0 Å². The Kier molecular flexibility index (Phi) is 4.31. The molecule has 0 spiro atoms. The Bertz CT molecular complexity index is 369. The van der Waals surface area contributed by atoms with Crippen LogP contribution < -0.4 is 15.2 Å². The van der Waals surface area contributed by atoms with Gasteiger partial charge in [0.1, 0.15) is 0 Å². The molecule has 2 rings (SSSR count). The molecule has 2 aliphatic carbocycles. The fraction of sp³-hybridized carbons (Fsp3) is 1.00. The summed E-state index contributed by atoms with van der Waals surface area (Å²) < 4.78 is 29.4. The molecule has 0 aromatic heterocycles. The lowest BCUT2D eigenvalue weighted by atomic mass is 9.67. The normalized spacial score (nSPS) is 36.9. The maximum atomic E-state index is 12.0. The summed E-state index contributed by atoms with van der Waals surface area (Å²) in [7, 11) is -3.38. The van der Waals surface area contributed by atoms with Crippen molar-refractivity contribution in [3.63, 3.8) is 0 Å². The van der Waals surface area contributed by atoms with Crippen LogP contribution in [0.1, 0.15) is 46.0 Å². The number of hydrogen-bond donors (Lipinski definition) is 3. The molecule has 0 aromatic rings. The average molecular weight is 275 g/mol. The monoisotopic (exact) mass is 275 g/mol. The van der Waals surface area contributed by atoms with Gasteiger partial charge in [0.05, 0.1) is 0 Å².